The van der Waals surface area contributed by atoms with Crippen molar-refractivity contribution in [3.8, 4) is 11.5 Å². The van der Waals surface area contributed by atoms with Gasteiger partial charge in [0, 0.05) is 12.1 Å². The average Bonchev–Trinajstić information content (AvgIpc) is 2.95. The summed E-state index contributed by atoms with van der Waals surface area (Å²) in [4.78, 5) is 29.1. The molecule has 2 amide bonds. The number of carbonyl (C=O) groups is 2. The van der Waals surface area contributed by atoms with Crippen LogP contribution in [0.2, 0.25) is 0 Å². The molecule has 0 aliphatic carbocycles. The number of methoxy groups -OCH3 is 2. The van der Waals surface area contributed by atoms with E-state index < -0.39 is 34.1 Å². The van der Waals surface area contributed by atoms with Crippen LogP contribution < -0.4 is 19.1 Å². The monoisotopic (exact) mass is 595 g/mol. The largest absolute Gasteiger partial charge is 0.497 e. The molecule has 3 aromatic rings. The highest BCUT2D eigenvalue weighted by Gasteiger charge is 2.34. The third-order valence-corrected chi connectivity index (χ3v) is 8.41. The van der Waals surface area contributed by atoms with Gasteiger partial charge in [-0.15, -0.1) is 0 Å². The first-order valence-corrected chi connectivity index (χ1v) is 15.2. The molecule has 0 heterocycles. The zero-order valence-electron chi connectivity index (χ0n) is 25.4. The Hall–Kier alpha value is -4.05. The van der Waals surface area contributed by atoms with Gasteiger partial charge < -0.3 is 19.7 Å². The lowest BCUT2D eigenvalue weighted by molar-refractivity contribution is -0.141. The fraction of sp³-hybridized carbons (Fsp3) is 0.375. The van der Waals surface area contributed by atoms with Crippen molar-refractivity contribution in [2.75, 3.05) is 25.1 Å². The van der Waals surface area contributed by atoms with Crippen LogP contribution in [0.4, 0.5) is 5.69 Å². The SMILES string of the molecule is CCC(C(=O)NC(C)(C)C)N(Cc1cccc(OC)c1)C(=O)CN(c1ccc(C)cc1)S(=O)(=O)c1ccc(OC)cc1. The van der Waals surface area contributed by atoms with E-state index in [9.17, 15) is 18.0 Å². The Morgan fingerprint density at radius 2 is 1.52 bits per heavy atom. The number of amides is 2. The predicted molar refractivity (Wildman–Crippen MR) is 164 cm³/mol. The van der Waals surface area contributed by atoms with Crippen LogP contribution in [-0.4, -0.2) is 57.5 Å². The highest BCUT2D eigenvalue weighted by atomic mass is 32.2. The molecule has 0 fully saturated rings. The Kier molecular flexibility index (Phi) is 10.6. The van der Waals surface area contributed by atoms with E-state index >= 15 is 0 Å². The van der Waals surface area contributed by atoms with Crippen molar-refractivity contribution in [3.63, 3.8) is 0 Å². The Morgan fingerprint density at radius 3 is 2.07 bits per heavy atom. The zero-order valence-corrected chi connectivity index (χ0v) is 26.2. The van der Waals surface area contributed by atoms with E-state index in [0.717, 1.165) is 15.4 Å². The van der Waals surface area contributed by atoms with Gasteiger partial charge in [-0.05, 0) is 88.2 Å². The lowest BCUT2D eigenvalue weighted by Gasteiger charge is -2.34. The number of sulfonamides is 1. The van der Waals surface area contributed by atoms with Crippen molar-refractivity contribution in [1.29, 1.82) is 0 Å². The van der Waals surface area contributed by atoms with Gasteiger partial charge in [0.15, 0.2) is 0 Å². The molecule has 3 aromatic carbocycles. The van der Waals surface area contributed by atoms with Crippen LogP contribution in [0.15, 0.2) is 77.7 Å². The summed E-state index contributed by atoms with van der Waals surface area (Å²) in [5.41, 5.74) is 1.49. The minimum atomic E-state index is -4.18. The lowest BCUT2D eigenvalue weighted by atomic mass is 10.1. The quantitative estimate of drug-likeness (QED) is 0.318. The van der Waals surface area contributed by atoms with Crippen LogP contribution in [0.5, 0.6) is 11.5 Å². The van der Waals surface area contributed by atoms with E-state index in [1.54, 1.807) is 61.7 Å². The molecule has 0 spiro atoms. The number of hydrogen-bond donors (Lipinski definition) is 1. The maximum Gasteiger partial charge on any atom is 0.264 e. The summed E-state index contributed by atoms with van der Waals surface area (Å²) in [6, 6.07) is 19.3. The molecule has 1 atom stereocenters. The van der Waals surface area contributed by atoms with Crippen molar-refractivity contribution < 1.29 is 27.5 Å². The summed E-state index contributed by atoms with van der Waals surface area (Å²) in [6.45, 7) is 8.89. The summed E-state index contributed by atoms with van der Waals surface area (Å²) < 4.78 is 39.6. The summed E-state index contributed by atoms with van der Waals surface area (Å²) in [6.07, 6.45) is 0.327. The number of nitrogens with one attached hydrogen (secondary N) is 1. The smallest absolute Gasteiger partial charge is 0.264 e. The van der Waals surface area contributed by atoms with Crippen molar-refractivity contribution in [2.24, 2.45) is 0 Å². The Balaban J connectivity index is 2.08. The molecule has 0 saturated carbocycles. The van der Waals surface area contributed by atoms with E-state index in [2.05, 4.69) is 5.32 Å². The van der Waals surface area contributed by atoms with E-state index in [1.165, 1.54) is 24.1 Å². The molecule has 0 aliphatic heterocycles. The second-order valence-corrected chi connectivity index (χ2v) is 12.9. The first-order chi connectivity index (χ1) is 19.8. The number of anilines is 1. The summed E-state index contributed by atoms with van der Waals surface area (Å²) >= 11 is 0. The molecule has 1 unspecified atom stereocenters. The highest BCUT2D eigenvalue weighted by molar-refractivity contribution is 7.92. The van der Waals surface area contributed by atoms with Gasteiger partial charge in [0.2, 0.25) is 11.8 Å². The molecule has 0 radical (unpaired) electrons. The van der Waals surface area contributed by atoms with Crippen molar-refractivity contribution >= 4 is 27.5 Å². The number of benzene rings is 3. The fourth-order valence-electron chi connectivity index (χ4n) is 4.45. The first-order valence-electron chi connectivity index (χ1n) is 13.8. The molecule has 0 aliphatic rings. The van der Waals surface area contributed by atoms with Crippen LogP contribution in [-0.2, 0) is 26.2 Å². The molecule has 1 N–H and O–H groups in total. The summed E-state index contributed by atoms with van der Waals surface area (Å²) in [5, 5.41) is 2.97. The second kappa shape index (κ2) is 13.7. The number of ether oxygens (including phenoxy) is 2. The number of rotatable bonds is 12. The molecule has 9 nitrogen and oxygen atoms in total. The molecule has 0 bridgehead atoms. The predicted octanol–water partition coefficient (Wildman–Crippen LogP) is 4.93. The number of aryl methyl sites for hydroxylation is 1. The molecular formula is C32H41N3O6S. The minimum absolute atomic E-state index is 0.00791. The Labute approximate surface area is 249 Å². The van der Waals surface area contributed by atoms with Gasteiger partial charge in [-0.3, -0.25) is 13.9 Å². The number of carbonyl (C=O) groups excluding carboxylic acids is 2. The van der Waals surface area contributed by atoms with Gasteiger partial charge in [0.1, 0.15) is 24.1 Å². The molecule has 10 heteroatoms. The van der Waals surface area contributed by atoms with Gasteiger partial charge in [0.05, 0.1) is 24.8 Å². The first kappa shape index (κ1) is 32.5. The van der Waals surface area contributed by atoms with Gasteiger partial charge in [0.25, 0.3) is 10.0 Å². The van der Waals surface area contributed by atoms with Crippen molar-refractivity contribution in [1.82, 2.24) is 10.2 Å². The van der Waals surface area contributed by atoms with Gasteiger partial charge in [-0.2, -0.15) is 0 Å². The molecule has 0 aromatic heterocycles. The molecule has 42 heavy (non-hydrogen) atoms. The lowest BCUT2D eigenvalue weighted by Crippen LogP contribution is -2.55. The van der Waals surface area contributed by atoms with Crippen LogP contribution in [0.3, 0.4) is 0 Å². The van der Waals surface area contributed by atoms with E-state index in [-0.39, 0.29) is 17.3 Å². The molecule has 226 valence electrons. The molecular weight excluding hydrogens is 554 g/mol. The minimum Gasteiger partial charge on any atom is -0.497 e. The van der Waals surface area contributed by atoms with Crippen LogP contribution >= 0.6 is 0 Å². The Morgan fingerprint density at radius 1 is 0.905 bits per heavy atom. The topological polar surface area (TPSA) is 105 Å². The Bertz CT molecular complexity index is 1470. The summed E-state index contributed by atoms with van der Waals surface area (Å²) in [7, 11) is -1.13. The average molecular weight is 596 g/mol. The fourth-order valence-corrected chi connectivity index (χ4v) is 5.87. The summed E-state index contributed by atoms with van der Waals surface area (Å²) in [5.74, 6) is 0.273. The van der Waals surface area contributed by atoms with Crippen molar-refractivity contribution in [2.45, 2.75) is 64.1 Å². The third-order valence-electron chi connectivity index (χ3n) is 6.62. The van der Waals surface area contributed by atoms with Crippen LogP contribution in [0.25, 0.3) is 0 Å². The van der Waals surface area contributed by atoms with Crippen LogP contribution in [0, 0.1) is 6.92 Å². The number of hydrogen-bond acceptors (Lipinski definition) is 6. The van der Waals surface area contributed by atoms with E-state index in [1.807, 2.05) is 40.7 Å². The van der Waals surface area contributed by atoms with Crippen molar-refractivity contribution in [3.05, 3.63) is 83.9 Å². The van der Waals surface area contributed by atoms with Gasteiger partial charge >= 0.3 is 0 Å². The van der Waals surface area contributed by atoms with Gasteiger partial charge in [-0.25, -0.2) is 8.42 Å². The highest BCUT2D eigenvalue weighted by Crippen LogP contribution is 2.27. The zero-order chi connectivity index (χ0) is 31.1. The van der Waals surface area contributed by atoms with Gasteiger partial charge in [-0.1, -0.05) is 36.8 Å². The van der Waals surface area contributed by atoms with E-state index in [4.69, 9.17) is 9.47 Å². The molecule has 0 saturated heterocycles. The maximum atomic E-state index is 14.2. The third kappa shape index (κ3) is 8.25. The molecule has 3 rings (SSSR count). The van der Waals surface area contributed by atoms with Crippen LogP contribution in [0.1, 0.15) is 45.2 Å². The normalized spacial score (nSPS) is 12.3. The maximum absolute atomic E-state index is 14.2. The standard InChI is InChI=1S/C32H41N3O6S/c1-8-29(31(37)33-32(3,4)5)34(21-24-10-9-11-27(20-24)41-7)30(36)22-35(25-14-12-23(2)13-15-25)42(38,39)28-18-16-26(40-6)17-19-28/h9-20,29H,8,21-22H2,1-7H3,(H,33,37). The number of nitrogens with zero attached hydrogens (tertiary/aromatic N) is 2. The van der Waals surface area contributed by atoms with E-state index in [0.29, 0.717) is 23.6 Å². The second-order valence-electron chi connectivity index (χ2n) is 11.1.